The highest BCUT2D eigenvalue weighted by atomic mass is 31.2. The maximum atomic E-state index is 12.6. The Bertz CT molecular complexity index is 1150. The molecule has 1 N–H and O–H groups in total. The van der Waals surface area contributed by atoms with E-state index in [1.165, 1.54) is 99.3 Å². The summed E-state index contributed by atoms with van der Waals surface area (Å²) in [5, 5.41) is 0. The lowest BCUT2D eigenvalue weighted by Gasteiger charge is -2.24. The van der Waals surface area contributed by atoms with E-state index >= 15 is 0 Å². The first-order chi connectivity index (χ1) is 26.3. The Morgan fingerprint density at radius 1 is 0.589 bits per heavy atom. The minimum Gasteiger partial charge on any atom is -0.375 e. The molecule has 0 fully saturated rings. The number of likely N-dealkylation sites (N-methyl/N-ethyl adjacent to an activating group) is 1. The van der Waals surface area contributed by atoms with Crippen LogP contribution in [0.15, 0.2) is 46.6 Å². The van der Waals surface area contributed by atoms with Crippen molar-refractivity contribution in [1.29, 1.82) is 0 Å². The Kier molecular flexibility index (Phi) is 32.1. The molecule has 0 heterocycles. The van der Waals surface area contributed by atoms with E-state index < -0.39 is 13.9 Å². The minimum atomic E-state index is -4.21. The molecule has 4 atom stereocenters. The number of phosphoric acid groups is 1. The fourth-order valence-corrected chi connectivity index (χ4v) is 7.25. The number of rotatable bonds is 36. The Morgan fingerprint density at radius 2 is 1.04 bits per heavy atom. The third-order valence-corrected chi connectivity index (χ3v) is 11.6. The second-order valence-corrected chi connectivity index (χ2v) is 20.5. The van der Waals surface area contributed by atoms with Crippen molar-refractivity contribution in [1.82, 2.24) is 0 Å². The Morgan fingerprint density at radius 3 is 1.50 bits per heavy atom. The van der Waals surface area contributed by atoms with Gasteiger partial charge in [0.15, 0.2) is 0 Å². The molecule has 0 rings (SSSR count). The van der Waals surface area contributed by atoms with E-state index in [1.54, 1.807) is 0 Å². The van der Waals surface area contributed by atoms with E-state index in [0.29, 0.717) is 24.2 Å². The summed E-state index contributed by atoms with van der Waals surface area (Å²) in [4.78, 5) is 10.3. The van der Waals surface area contributed by atoms with Gasteiger partial charge in [0.25, 0.3) is 0 Å². The molecule has 0 spiro atoms. The summed E-state index contributed by atoms with van der Waals surface area (Å²) < 4.78 is 36.0. The summed E-state index contributed by atoms with van der Waals surface area (Å²) >= 11 is 0. The van der Waals surface area contributed by atoms with Crippen LogP contribution in [0.1, 0.15) is 172 Å². The van der Waals surface area contributed by atoms with Crippen molar-refractivity contribution in [3.63, 3.8) is 0 Å². The Labute approximate surface area is 348 Å². The zero-order valence-electron chi connectivity index (χ0n) is 39.1. The SMILES string of the molecule is C/C(=C\COC[C@H](COP(=O)(O)OCC[N+](C)(C)C)OC/C=C(\C)CC/C=C(\C)CCCC(C)CCCC(C)C)CC/C=C(\C)CCCC(C)CCCC(C)C. The van der Waals surface area contributed by atoms with Crippen LogP contribution in [0.4, 0.5) is 0 Å². The maximum Gasteiger partial charge on any atom is 0.472 e. The molecule has 56 heavy (non-hydrogen) atoms. The van der Waals surface area contributed by atoms with Crippen molar-refractivity contribution in [2.75, 3.05) is 60.7 Å². The van der Waals surface area contributed by atoms with Gasteiger partial charge in [0.2, 0.25) is 0 Å². The van der Waals surface area contributed by atoms with Crippen molar-refractivity contribution < 1.29 is 32.5 Å². The molecular formula is C48H93NO6P+. The molecule has 0 aromatic rings. The largest absolute Gasteiger partial charge is 0.472 e. The number of phosphoric ester groups is 1. The molecule has 0 aliphatic heterocycles. The molecule has 0 saturated carbocycles. The van der Waals surface area contributed by atoms with Crippen LogP contribution in [-0.4, -0.2) is 76.2 Å². The number of nitrogens with zero attached hydrogens (tertiary/aromatic N) is 1. The highest BCUT2D eigenvalue weighted by Crippen LogP contribution is 2.43. The molecule has 0 bridgehead atoms. The van der Waals surface area contributed by atoms with Crippen LogP contribution in [0.3, 0.4) is 0 Å². The van der Waals surface area contributed by atoms with Gasteiger partial charge >= 0.3 is 7.82 Å². The molecule has 0 radical (unpaired) electrons. The summed E-state index contributed by atoms with van der Waals surface area (Å²) in [6.45, 7) is 24.6. The number of quaternary nitrogens is 1. The number of hydrogen-bond donors (Lipinski definition) is 1. The fraction of sp³-hybridized carbons (Fsp3) is 0.833. The normalized spacial score (nSPS) is 16.5. The zero-order chi connectivity index (χ0) is 42.4. The van der Waals surface area contributed by atoms with Gasteiger partial charge in [0.1, 0.15) is 19.3 Å². The molecule has 330 valence electrons. The smallest absolute Gasteiger partial charge is 0.375 e. The van der Waals surface area contributed by atoms with Crippen LogP contribution in [-0.2, 0) is 23.1 Å². The van der Waals surface area contributed by atoms with Crippen molar-refractivity contribution in [2.24, 2.45) is 23.7 Å². The van der Waals surface area contributed by atoms with E-state index in [0.717, 1.165) is 49.4 Å². The lowest BCUT2D eigenvalue weighted by Crippen LogP contribution is -2.37. The van der Waals surface area contributed by atoms with Crippen molar-refractivity contribution >= 4 is 7.82 Å². The van der Waals surface area contributed by atoms with Crippen LogP contribution in [0.25, 0.3) is 0 Å². The summed E-state index contributed by atoms with van der Waals surface area (Å²) in [6, 6.07) is 0. The van der Waals surface area contributed by atoms with Gasteiger partial charge in [-0.25, -0.2) is 4.57 Å². The van der Waals surface area contributed by atoms with E-state index in [4.69, 9.17) is 18.5 Å². The first kappa shape index (κ1) is 55.0. The summed E-state index contributed by atoms with van der Waals surface area (Å²) in [6.07, 6.45) is 28.2. The van der Waals surface area contributed by atoms with Gasteiger partial charge in [-0.05, 0) is 103 Å². The monoisotopic (exact) mass is 811 g/mol. The third kappa shape index (κ3) is 37.2. The maximum absolute atomic E-state index is 12.6. The summed E-state index contributed by atoms with van der Waals surface area (Å²) in [5.74, 6) is 3.26. The van der Waals surface area contributed by atoms with E-state index in [9.17, 15) is 9.46 Å². The van der Waals surface area contributed by atoms with Gasteiger partial charge < -0.3 is 18.9 Å². The summed E-state index contributed by atoms with van der Waals surface area (Å²) in [5.41, 5.74) is 5.53. The molecule has 0 aromatic heterocycles. The van der Waals surface area contributed by atoms with E-state index in [-0.39, 0.29) is 19.8 Å². The van der Waals surface area contributed by atoms with Crippen LogP contribution >= 0.6 is 7.82 Å². The zero-order valence-corrected chi connectivity index (χ0v) is 40.0. The summed E-state index contributed by atoms with van der Waals surface area (Å²) in [7, 11) is 1.80. The quantitative estimate of drug-likeness (QED) is 0.0294. The molecule has 3 unspecified atom stereocenters. The molecule has 0 aliphatic carbocycles. The molecule has 8 heteroatoms. The van der Waals surface area contributed by atoms with Gasteiger partial charge in [-0.2, -0.15) is 0 Å². The molecule has 0 aliphatic rings. The topological polar surface area (TPSA) is 74.2 Å². The van der Waals surface area contributed by atoms with Crippen molar-refractivity contribution in [3.05, 3.63) is 46.6 Å². The minimum absolute atomic E-state index is 0.0905. The first-order valence-corrected chi connectivity index (χ1v) is 24.0. The van der Waals surface area contributed by atoms with E-state index in [1.807, 2.05) is 21.1 Å². The average molecular weight is 811 g/mol. The standard InChI is InChI=1S/C48H92NO6P/c1-40(2)20-14-22-42(5)24-16-26-44(7)28-18-30-46(9)32-35-52-38-48(39-55-56(50,51)54-37-34-49(11,12)13)53-36-33-47(10)31-19-29-45(8)27-17-25-43(6)23-15-21-41(3)4/h28-29,32-33,40-43,48H,14-27,30-31,34-39H2,1-13H3/p+1/b44-28+,45-29+,46-32+,47-33+/t42?,43?,48-/m1/s1. The van der Waals surface area contributed by atoms with Gasteiger partial charge in [-0.15, -0.1) is 0 Å². The predicted octanol–water partition coefficient (Wildman–Crippen LogP) is 13.8. The lowest BCUT2D eigenvalue weighted by molar-refractivity contribution is -0.870. The lowest BCUT2D eigenvalue weighted by atomic mass is 9.94. The first-order valence-electron chi connectivity index (χ1n) is 22.5. The van der Waals surface area contributed by atoms with Gasteiger partial charge in [0, 0.05) is 0 Å². The van der Waals surface area contributed by atoms with Gasteiger partial charge in [-0.3, -0.25) is 9.05 Å². The molecule has 0 saturated heterocycles. The second kappa shape index (κ2) is 32.8. The number of allylic oxidation sites excluding steroid dienone is 6. The van der Waals surface area contributed by atoms with Crippen LogP contribution < -0.4 is 0 Å². The third-order valence-electron chi connectivity index (χ3n) is 10.6. The van der Waals surface area contributed by atoms with Crippen LogP contribution in [0.2, 0.25) is 0 Å². The second-order valence-electron chi connectivity index (χ2n) is 19.0. The predicted molar refractivity (Wildman–Crippen MR) is 242 cm³/mol. The van der Waals surface area contributed by atoms with Crippen LogP contribution in [0.5, 0.6) is 0 Å². The number of hydrogen-bond acceptors (Lipinski definition) is 5. The van der Waals surface area contributed by atoms with Gasteiger partial charge in [0.05, 0.1) is 47.6 Å². The molecule has 7 nitrogen and oxygen atoms in total. The number of ether oxygens (including phenoxy) is 2. The molecule has 0 aromatic carbocycles. The van der Waals surface area contributed by atoms with Crippen molar-refractivity contribution in [2.45, 2.75) is 178 Å². The molecular weight excluding hydrogens is 718 g/mol. The Balaban J connectivity index is 4.86. The fourth-order valence-electron chi connectivity index (χ4n) is 6.51. The van der Waals surface area contributed by atoms with Crippen LogP contribution in [0, 0.1) is 23.7 Å². The molecule has 0 amide bonds. The highest BCUT2D eigenvalue weighted by molar-refractivity contribution is 7.47. The van der Waals surface area contributed by atoms with E-state index in [2.05, 4.69) is 93.5 Å². The van der Waals surface area contributed by atoms with Gasteiger partial charge in [-0.1, -0.05) is 140 Å². The highest BCUT2D eigenvalue weighted by Gasteiger charge is 2.25. The average Bonchev–Trinajstić information content (AvgIpc) is 3.07. The van der Waals surface area contributed by atoms with Crippen molar-refractivity contribution in [3.8, 4) is 0 Å². The Hall–Kier alpha value is -1.05.